The molecule has 5 rings (SSSR count). The molecule has 0 bridgehead atoms. The number of anilines is 1. The molecule has 0 amide bonds. The molecule has 35 heavy (non-hydrogen) atoms. The molecule has 4 heterocycles. The molecule has 0 unspecified atom stereocenters. The predicted octanol–water partition coefficient (Wildman–Crippen LogP) is 4.30. The standard InChI is InChI=1S/C24H30N6O2S.2ClH/c1-4-32-13-17-18(12-29-7-5-26-6-8-29)30-22(24(25)27-14-28-30)21(17)20-11-16-9-15(2)10-19(31-3)23(16)33-20;;/h9-11,14,26H,4-8,12-13H2,1-3H3,(H2,25,27,28);2*1H. The summed E-state index contributed by atoms with van der Waals surface area (Å²) in [4.78, 5) is 7.91. The largest absolute Gasteiger partial charge is 0.495 e. The van der Waals surface area contributed by atoms with Crippen molar-refractivity contribution >= 4 is 57.6 Å². The first kappa shape index (κ1) is 27.4. The molecule has 0 radical (unpaired) electrons. The molecule has 0 atom stereocenters. The zero-order valence-electron chi connectivity index (χ0n) is 20.2. The predicted molar refractivity (Wildman–Crippen MR) is 147 cm³/mol. The fourth-order valence-electron chi connectivity index (χ4n) is 4.63. The van der Waals surface area contributed by atoms with Crippen LogP contribution in [0.3, 0.4) is 0 Å². The zero-order valence-corrected chi connectivity index (χ0v) is 22.6. The minimum Gasteiger partial charge on any atom is -0.495 e. The average Bonchev–Trinajstić information content (AvgIpc) is 3.37. The number of benzene rings is 1. The highest BCUT2D eigenvalue weighted by Gasteiger charge is 2.26. The van der Waals surface area contributed by atoms with E-state index in [0.717, 1.165) is 75.8 Å². The number of nitrogen functional groups attached to an aromatic ring is 1. The number of aryl methyl sites for hydroxylation is 1. The SMILES string of the molecule is CCOCc1c(-c2cc3cc(C)cc(OC)c3s2)c2c(N)ncnn2c1CN1CCNCC1.Cl.Cl. The number of fused-ring (bicyclic) bond motifs is 2. The lowest BCUT2D eigenvalue weighted by Crippen LogP contribution is -2.43. The molecule has 1 fully saturated rings. The van der Waals surface area contributed by atoms with Gasteiger partial charge in [-0.05, 0) is 36.9 Å². The van der Waals surface area contributed by atoms with E-state index in [2.05, 4.69) is 45.4 Å². The lowest BCUT2D eigenvalue weighted by atomic mass is 10.1. The van der Waals surface area contributed by atoms with Crippen molar-refractivity contribution in [2.45, 2.75) is 27.0 Å². The molecule has 0 spiro atoms. The number of nitrogens with zero attached hydrogens (tertiary/aromatic N) is 4. The van der Waals surface area contributed by atoms with E-state index >= 15 is 0 Å². The van der Waals surface area contributed by atoms with Crippen molar-refractivity contribution in [3.63, 3.8) is 0 Å². The second-order valence-electron chi connectivity index (χ2n) is 8.37. The van der Waals surface area contributed by atoms with Crippen molar-refractivity contribution in [3.8, 4) is 16.2 Å². The Morgan fingerprint density at radius 1 is 1.17 bits per heavy atom. The minimum absolute atomic E-state index is 0. The van der Waals surface area contributed by atoms with E-state index in [9.17, 15) is 0 Å². The van der Waals surface area contributed by atoms with E-state index < -0.39 is 0 Å². The summed E-state index contributed by atoms with van der Waals surface area (Å²) in [7, 11) is 1.72. The number of methoxy groups -OCH3 is 1. The van der Waals surface area contributed by atoms with Gasteiger partial charge in [-0.1, -0.05) is 6.07 Å². The summed E-state index contributed by atoms with van der Waals surface area (Å²) in [5.41, 5.74) is 11.8. The lowest BCUT2D eigenvalue weighted by Gasteiger charge is -2.27. The molecule has 1 aromatic carbocycles. The number of hydrogen-bond acceptors (Lipinski definition) is 8. The molecular formula is C24H32Cl2N6O2S. The Morgan fingerprint density at radius 2 is 1.94 bits per heavy atom. The van der Waals surface area contributed by atoms with Gasteiger partial charge in [-0.15, -0.1) is 36.2 Å². The van der Waals surface area contributed by atoms with E-state index in [4.69, 9.17) is 15.2 Å². The van der Waals surface area contributed by atoms with Gasteiger partial charge in [-0.3, -0.25) is 4.90 Å². The maximum atomic E-state index is 6.46. The quantitative estimate of drug-likeness (QED) is 0.362. The van der Waals surface area contributed by atoms with Crippen molar-refractivity contribution in [1.82, 2.24) is 24.8 Å². The first-order valence-electron chi connectivity index (χ1n) is 11.3. The van der Waals surface area contributed by atoms with E-state index in [1.54, 1.807) is 18.4 Å². The van der Waals surface area contributed by atoms with Crippen LogP contribution in [0.15, 0.2) is 24.5 Å². The second-order valence-corrected chi connectivity index (χ2v) is 9.42. The molecule has 1 aliphatic rings. The Balaban J connectivity index is 0.00000171. The zero-order chi connectivity index (χ0) is 22.9. The molecule has 4 aromatic rings. The summed E-state index contributed by atoms with van der Waals surface area (Å²) < 4.78 is 14.8. The number of hydrogen-bond donors (Lipinski definition) is 2. The van der Waals surface area contributed by atoms with Gasteiger partial charge in [0.15, 0.2) is 5.82 Å². The lowest BCUT2D eigenvalue weighted by molar-refractivity contribution is 0.132. The first-order valence-corrected chi connectivity index (χ1v) is 12.1. The van der Waals surface area contributed by atoms with Crippen molar-refractivity contribution < 1.29 is 9.47 Å². The molecule has 11 heteroatoms. The second kappa shape index (κ2) is 11.7. The average molecular weight is 540 g/mol. The van der Waals surface area contributed by atoms with E-state index in [-0.39, 0.29) is 24.8 Å². The Labute approximate surface area is 221 Å². The summed E-state index contributed by atoms with van der Waals surface area (Å²) in [5, 5.41) is 9.22. The van der Waals surface area contributed by atoms with Crippen molar-refractivity contribution in [3.05, 3.63) is 41.3 Å². The molecule has 3 aromatic heterocycles. The summed E-state index contributed by atoms with van der Waals surface area (Å²) in [6.07, 6.45) is 1.54. The number of nitrogens with two attached hydrogens (primary N) is 1. The molecule has 8 nitrogen and oxygen atoms in total. The number of ether oxygens (including phenoxy) is 2. The third-order valence-corrected chi connectivity index (χ3v) is 7.37. The van der Waals surface area contributed by atoms with Crippen molar-refractivity contribution in [2.75, 3.05) is 45.6 Å². The maximum absolute atomic E-state index is 6.46. The Morgan fingerprint density at radius 3 is 2.66 bits per heavy atom. The summed E-state index contributed by atoms with van der Waals surface area (Å²) in [6.45, 7) is 10.0. The first-order chi connectivity index (χ1) is 16.1. The molecule has 3 N–H and O–H groups in total. The highest BCUT2D eigenvalue weighted by Crippen LogP contribution is 2.44. The number of thiophene rings is 1. The van der Waals surface area contributed by atoms with Crippen molar-refractivity contribution in [1.29, 1.82) is 0 Å². The third-order valence-electron chi connectivity index (χ3n) is 6.19. The molecule has 1 saturated heterocycles. The molecule has 190 valence electrons. The van der Waals surface area contributed by atoms with Gasteiger partial charge in [0.2, 0.25) is 0 Å². The van der Waals surface area contributed by atoms with Crippen LogP contribution >= 0.6 is 36.2 Å². The number of piperazine rings is 1. The number of nitrogens with one attached hydrogen (secondary N) is 1. The van der Waals surface area contributed by atoms with Gasteiger partial charge in [0.05, 0.1) is 24.1 Å². The van der Waals surface area contributed by atoms with Gasteiger partial charge >= 0.3 is 0 Å². The summed E-state index contributed by atoms with van der Waals surface area (Å²) in [6, 6.07) is 6.50. The molecule has 1 aliphatic heterocycles. The molecular weight excluding hydrogens is 507 g/mol. The number of halogens is 2. The van der Waals surface area contributed by atoms with Crippen LogP contribution in [0.5, 0.6) is 5.75 Å². The van der Waals surface area contributed by atoms with Gasteiger partial charge in [-0.25, -0.2) is 9.50 Å². The van der Waals surface area contributed by atoms with Gasteiger partial charge in [0.25, 0.3) is 0 Å². The van der Waals surface area contributed by atoms with E-state index in [1.165, 1.54) is 11.9 Å². The topological polar surface area (TPSA) is 89.9 Å². The van der Waals surface area contributed by atoms with E-state index in [1.807, 2.05) is 11.4 Å². The Bertz CT molecular complexity index is 1300. The number of rotatable bonds is 7. The van der Waals surface area contributed by atoms with Crippen LogP contribution < -0.4 is 15.8 Å². The van der Waals surface area contributed by atoms with Crippen LogP contribution in [0.25, 0.3) is 26.0 Å². The fourth-order valence-corrected chi connectivity index (χ4v) is 5.83. The third kappa shape index (κ3) is 5.21. The normalized spacial score (nSPS) is 14.1. The van der Waals surface area contributed by atoms with Crippen LogP contribution in [-0.4, -0.2) is 59.4 Å². The Kier molecular flexibility index (Phi) is 9.20. The minimum atomic E-state index is 0. The highest BCUT2D eigenvalue weighted by atomic mass is 35.5. The van der Waals surface area contributed by atoms with Crippen LogP contribution in [0.1, 0.15) is 23.7 Å². The van der Waals surface area contributed by atoms with Crippen LogP contribution in [0.2, 0.25) is 0 Å². The summed E-state index contributed by atoms with van der Waals surface area (Å²) >= 11 is 1.71. The van der Waals surface area contributed by atoms with Crippen molar-refractivity contribution in [2.24, 2.45) is 0 Å². The molecule has 0 aliphatic carbocycles. The van der Waals surface area contributed by atoms with Crippen LogP contribution in [-0.2, 0) is 17.9 Å². The monoisotopic (exact) mass is 538 g/mol. The van der Waals surface area contributed by atoms with E-state index in [0.29, 0.717) is 19.0 Å². The van der Waals surface area contributed by atoms with Gasteiger partial charge < -0.3 is 20.5 Å². The summed E-state index contributed by atoms with van der Waals surface area (Å²) in [5.74, 6) is 1.37. The van der Waals surface area contributed by atoms with Gasteiger partial charge in [0, 0.05) is 55.3 Å². The van der Waals surface area contributed by atoms with Crippen LogP contribution in [0, 0.1) is 6.92 Å². The molecule has 0 saturated carbocycles. The smallest absolute Gasteiger partial charge is 0.152 e. The fraction of sp³-hybridized carbons (Fsp3) is 0.417. The highest BCUT2D eigenvalue weighted by molar-refractivity contribution is 7.22. The van der Waals surface area contributed by atoms with Crippen LogP contribution in [0.4, 0.5) is 5.82 Å². The Hall–Kier alpha value is -2.14. The maximum Gasteiger partial charge on any atom is 0.152 e. The van der Waals surface area contributed by atoms with Gasteiger partial charge in [-0.2, -0.15) is 5.10 Å². The number of aromatic nitrogens is 3. The van der Waals surface area contributed by atoms with Gasteiger partial charge in [0.1, 0.15) is 17.6 Å².